The van der Waals surface area contributed by atoms with Crippen molar-refractivity contribution in [3.05, 3.63) is 59.2 Å². The number of amides is 2. The molecule has 0 radical (unpaired) electrons. The zero-order valence-electron chi connectivity index (χ0n) is 16.3. The van der Waals surface area contributed by atoms with Crippen molar-refractivity contribution in [1.29, 1.82) is 0 Å². The Balaban J connectivity index is 1.54. The SMILES string of the molecule is Cc1cccc(N2C[C@@H](C(=O)OCC(=O)Nc3cc(C)ccc3C)CC2=O)c1. The monoisotopic (exact) mass is 380 g/mol. The summed E-state index contributed by atoms with van der Waals surface area (Å²) >= 11 is 0. The molecule has 1 aliphatic rings. The normalized spacial score (nSPS) is 16.2. The summed E-state index contributed by atoms with van der Waals surface area (Å²) < 4.78 is 5.16. The second-order valence-electron chi connectivity index (χ2n) is 7.22. The summed E-state index contributed by atoms with van der Waals surface area (Å²) in [5, 5.41) is 2.75. The molecule has 1 heterocycles. The average Bonchev–Trinajstić information content (AvgIpc) is 3.04. The fraction of sp³-hybridized carbons (Fsp3) is 0.318. The molecule has 28 heavy (non-hydrogen) atoms. The van der Waals surface area contributed by atoms with Crippen LogP contribution in [0.25, 0.3) is 0 Å². The van der Waals surface area contributed by atoms with Crippen LogP contribution in [0.1, 0.15) is 23.1 Å². The van der Waals surface area contributed by atoms with Gasteiger partial charge in [0.2, 0.25) is 5.91 Å². The van der Waals surface area contributed by atoms with Crippen molar-refractivity contribution in [2.24, 2.45) is 5.92 Å². The lowest BCUT2D eigenvalue weighted by molar-refractivity contribution is -0.151. The van der Waals surface area contributed by atoms with Gasteiger partial charge in [-0.05, 0) is 55.7 Å². The molecule has 0 bridgehead atoms. The van der Waals surface area contributed by atoms with Crippen LogP contribution in [-0.4, -0.2) is 30.9 Å². The summed E-state index contributed by atoms with van der Waals surface area (Å²) in [7, 11) is 0. The number of nitrogens with zero attached hydrogens (tertiary/aromatic N) is 1. The largest absolute Gasteiger partial charge is 0.455 e. The highest BCUT2D eigenvalue weighted by Crippen LogP contribution is 2.26. The molecular weight excluding hydrogens is 356 g/mol. The highest BCUT2D eigenvalue weighted by atomic mass is 16.5. The second kappa shape index (κ2) is 8.25. The molecule has 1 saturated heterocycles. The quantitative estimate of drug-likeness (QED) is 0.809. The van der Waals surface area contributed by atoms with Crippen LogP contribution in [0.2, 0.25) is 0 Å². The molecular formula is C22H24N2O4. The molecule has 6 nitrogen and oxygen atoms in total. The lowest BCUT2D eigenvalue weighted by Gasteiger charge is -2.17. The first kappa shape index (κ1) is 19.6. The summed E-state index contributed by atoms with van der Waals surface area (Å²) in [6, 6.07) is 13.3. The Kier molecular flexibility index (Phi) is 5.78. The number of benzene rings is 2. The Labute approximate surface area is 164 Å². The third-order valence-corrected chi connectivity index (χ3v) is 4.78. The van der Waals surface area contributed by atoms with E-state index in [0.717, 1.165) is 22.4 Å². The first-order valence-corrected chi connectivity index (χ1v) is 9.24. The van der Waals surface area contributed by atoms with Gasteiger partial charge in [-0.2, -0.15) is 0 Å². The predicted molar refractivity (Wildman–Crippen MR) is 107 cm³/mol. The van der Waals surface area contributed by atoms with Gasteiger partial charge in [-0.3, -0.25) is 14.4 Å². The van der Waals surface area contributed by atoms with Gasteiger partial charge in [-0.25, -0.2) is 0 Å². The molecule has 146 valence electrons. The van der Waals surface area contributed by atoms with Crippen molar-refractivity contribution in [2.75, 3.05) is 23.4 Å². The average molecular weight is 380 g/mol. The Hall–Kier alpha value is -3.15. The van der Waals surface area contributed by atoms with Crippen LogP contribution in [-0.2, 0) is 19.1 Å². The molecule has 0 unspecified atom stereocenters. The van der Waals surface area contributed by atoms with Crippen LogP contribution in [0.5, 0.6) is 0 Å². The van der Waals surface area contributed by atoms with Crippen molar-refractivity contribution in [2.45, 2.75) is 27.2 Å². The first-order chi connectivity index (χ1) is 13.3. The minimum atomic E-state index is -0.568. The Bertz CT molecular complexity index is 923. The number of rotatable bonds is 5. The van der Waals surface area contributed by atoms with Gasteiger partial charge < -0.3 is 15.0 Å². The molecule has 1 N–H and O–H groups in total. The minimum Gasteiger partial charge on any atom is -0.455 e. The number of esters is 1. The van der Waals surface area contributed by atoms with E-state index in [-0.39, 0.29) is 25.5 Å². The van der Waals surface area contributed by atoms with E-state index in [0.29, 0.717) is 5.69 Å². The molecule has 3 rings (SSSR count). The molecule has 0 aromatic heterocycles. The smallest absolute Gasteiger partial charge is 0.311 e. The van der Waals surface area contributed by atoms with Crippen molar-refractivity contribution >= 4 is 29.2 Å². The maximum Gasteiger partial charge on any atom is 0.311 e. The second-order valence-corrected chi connectivity index (χ2v) is 7.22. The molecule has 1 atom stereocenters. The number of aryl methyl sites for hydroxylation is 3. The molecule has 1 aliphatic heterocycles. The maximum atomic E-state index is 12.3. The molecule has 0 aliphatic carbocycles. The molecule has 0 spiro atoms. The van der Waals surface area contributed by atoms with Gasteiger partial charge in [0.1, 0.15) is 0 Å². The zero-order valence-corrected chi connectivity index (χ0v) is 16.3. The van der Waals surface area contributed by atoms with Crippen molar-refractivity contribution in [3.8, 4) is 0 Å². The lowest BCUT2D eigenvalue weighted by Crippen LogP contribution is -2.28. The molecule has 6 heteroatoms. The van der Waals surface area contributed by atoms with E-state index in [1.165, 1.54) is 0 Å². The van der Waals surface area contributed by atoms with E-state index in [9.17, 15) is 14.4 Å². The first-order valence-electron chi connectivity index (χ1n) is 9.24. The van der Waals surface area contributed by atoms with E-state index in [2.05, 4.69) is 5.32 Å². The van der Waals surface area contributed by atoms with Crippen LogP contribution in [0, 0.1) is 26.7 Å². The fourth-order valence-electron chi connectivity index (χ4n) is 3.22. The number of carbonyl (C=O) groups is 3. The fourth-order valence-corrected chi connectivity index (χ4v) is 3.22. The molecule has 2 aromatic carbocycles. The Morgan fingerprint density at radius 2 is 1.86 bits per heavy atom. The lowest BCUT2D eigenvalue weighted by atomic mass is 10.1. The van der Waals surface area contributed by atoms with Crippen molar-refractivity contribution in [3.63, 3.8) is 0 Å². The van der Waals surface area contributed by atoms with E-state index in [1.54, 1.807) is 4.90 Å². The van der Waals surface area contributed by atoms with E-state index in [1.807, 2.05) is 63.2 Å². The number of hydrogen-bond acceptors (Lipinski definition) is 4. The van der Waals surface area contributed by atoms with E-state index in [4.69, 9.17) is 4.74 Å². The molecule has 1 fully saturated rings. The van der Waals surface area contributed by atoms with Gasteiger partial charge in [0.05, 0.1) is 5.92 Å². The van der Waals surface area contributed by atoms with Crippen molar-refractivity contribution in [1.82, 2.24) is 0 Å². The van der Waals surface area contributed by atoms with Gasteiger partial charge >= 0.3 is 5.97 Å². The molecule has 0 saturated carbocycles. The summed E-state index contributed by atoms with van der Waals surface area (Å²) in [6.07, 6.45) is 0.0887. The van der Waals surface area contributed by atoms with E-state index >= 15 is 0 Å². The summed E-state index contributed by atoms with van der Waals surface area (Å²) in [6.45, 7) is 5.67. The molecule has 2 amide bonds. The highest BCUT2D eigenvalue weighted by Gasteiger charge is 2.36. The van der Waals surface area contributed by atoms with Gasteiger partial charge in [0, 0.05) is 24.3 Å². The van der Waals surface area contributed by atoms with Gasteiger partial charge in [-0.15, -0.1) is 0 Å². The summed E-state index contributed by atoms with van der Waals surface area (Å²) in [4.78, 5) is 38.3. The third kappa shape index (κ3) is 4.57. The van der Waals surface area contributed by atoms with Crippen LogP contribution < -0.4 is 10.2 Å². The van der Waals surface area contributed by atoms with Gasteiger partial charge in [0.25, 0.3) is 5.91 Å². The standard InChI is InChI=1S/C22H24N2O4/c1-14-5-4-6-18(9-14)24-12-17(11-21(24)26)22(27)28-13-20(25)23-19-10-15(2)7-8-16(19)3/h4-10,17H,11-13H2,1-3H3,(H,23,25)/t17-/m0/s1. The minimum absolute atomic E-state index is 0.0887. The third-order valence-electron chi connectivity index (χ3n) is 4.78. The van der Waals surface area contributed by atoms with Crippen LogP contribution in [0.3, 0.4) is 0 Å². The Morgan fingerprint density at radius 3 is 2.61 bits per heavy atom. The highest BCUT2D eigenvalue weighted by molar-refractivity contribution is 6.00. The van der Waals surface area contributed by atoms with Gasteiger partial charge in [-0.1, -0.05) is 24.3 Å². The van der Waals surface area contributed by atoms with Crippen LogP contribution >= 0.6 is 0 Å². The van der Waals surface area contributed by atoms with E-state index < -0.39 is 17.8 Å². The van der Waals surface area contributed by atoms with Crippen LogP contribution in [0.4, 0.5) is 11.4 Å². The Morgan fingerprint density at radius 1 is 1.11 bits per heavy atom. The number of anilines is 2. The number of nitrogens with one attached hydrogen (secondary N) is 1. The molecule has 2 aromatic rings. The maximum absolute atomic E-state index is 12.3. The van der Waals surface area contributed by atoms with Gasteiger partial charge in [0.15, 0.2) is 6.61 Å². The topological polar surface area (TPSA) is 75.7 Å². The summed E-state index contributed by atoms with van der Waals surface area (Å²) in [5.41, 5.74) is 4.47. The van der Waals surface area contributed by atoms with Crippen molar-refractivity contribution < 1.29 is 19.1 Å². The number of ether oxygens (including phenoxy) is 1. The predicted octanol–water partition coefficient (Wildman–Crippen LogP) is 3.15. The van der Waals surface area contributed by atoms with Crippen LogP contribution in [0.15, 0.2) is 42.5 Å². The summed E-state index contributed by atoms with van der Waals surface area (Å²) in [5.74, 6) is -1.62. The number of carbonyl (C=O) groups excluding carboxylic acids is 3. The zero-order chi connectivity index (χ0) is 20.3. The number of hydrogen-bond donors (Lipinski definition) is 1.